The van der Waals surface area contributed by atoms with Crippen molar-refractivity contribution in [2.75, 3.05) is 7.11 Å². The first kappa shape index (κ1) is 24.8. The minimum Gasteiger partial charge on any atom is -0.496 e. The van der Waals surface area contributed by atoms with Crippen molar-refractivity contribution in [2.24, 2.45) is 5.92 Å². The molecule has 3 aromatic carbocycles. The van der Waals surface area contributed by atoms with Crippen molar-refractivity contribution < 1.29 is 28.6 Å². The van der Waals surface area contributed by atoms with Crippen LogP contribution in [0.4, 0.5) is 4.39 Å². The third-order valence-corrected chi connectivity index (χ3v) is 5.40. The van der Waals surface area contributed by atoms with E-state index < -0.39 is 11.9 Å². The van der Waals surface area contributed by atoms with Gasteiger partial charge in [-0.3, -0.25) is 9.59 Å². The lowest BCUT2D eigenvalue weighted by atomic mass is 9.94. The number of hydrogen-bond donors (Lipinski definition) is 2. The molecular formula is C27H28FNO5. The molecule has 0 spiro atoms. The van der Waals surface area contributed by atoms with E-state index in [2.05, 4.69) is 5.32 Å². The fraction of sp³-hybridized carbons (Fsp3) is 0.259. The molecule has 7 heteroatoms. The Labute approximate surface area is 198 Å². The van der Waals surface area contributed by atoms with E-state index >= 15 is 0 Å². The standard InChI is InChI=1S/C27H28FNO5/c1-3-4-20(27(31)32)15-19-7-14-25(33-2)24(16-19)26(30)29-17-18-5-10-22(11-6-18)34-23-12-8-21(28)9-13-23/h5-14,16,20H,3-4,15,17H2,1-2H3,(H,29,30)(H,31,32). The summed E-state index contributed by atoms with van der Waals surface area (Å²) in [7, 11) is 1.49. The Bertz CT molecular complexity index is 1110. The van der Waals surface area contributed by atoms with Gasteiger partial charge in [0.25, 0.3) is 5.91 Å². The molecule has 0 aromatic heterocycles. The van der Waals surface area contributed by atoms with E-state index in [-0.39, 0.29) is 18.3 Å². The van der Waals surface area contributed by atoms with Gasteiger partial charge in [-0.15, -0.1) is 0 Å². The molecule has 0 saturated heterocycles. The van der Waals surface area contributed by atoms with E-state index in [0.717, 1.165) is 17.5 Å². The van der Waals surface area contributed by atoms with Gasteiger partial charge in [-0.1, -0.05) is 31.5 Å². The van der Waals surface area contributed by atoms with Crippen LogP contribution in [0.3, 0.4) is 0 Å². The molecule has 3 aromatic rings. The number of carboxylic acid groups (broad SMARTS) is 1. The van der Waals surface area contributed by atoms with Crippen LogP contribution in [-0.4, -0.2) is 24.1 Å². The Morgan fingerprint density at radius 2 is 1.59 bits per heavy atom. The number of aliphatic carboxylic acids is 1. The van der Waals surface area contributed by atoms with Crippen molar-refractivity contribution in [1.29, 1.82) is 0 Å². The van der Waals surface area contributed by atoms with Crippen LogP contribution in [0.5, 0.6) is 17.2 Å². The van der Waals surface area contributed by atoms with E-state index in [9.17, 15) is 19.1 Å². The molecule has 0 aliphatic heterocycles. The average Bonchev–Trinajstić information content (AvgIpc) is 2.84. The Kier molecular flexibility index (Phi) is 8.62. The van der Waals surface area contributed by atoms with Gasteiger partial charge in [-0.05, 0) is 72.5 Å². The second kappa shape index (κ2) is 11.8. The molecule has 0 saturated carbocycles. The maximum absolute atomic E-state index is 13.0. The van der Waals surface area contributed by atoms with Crippen LogP contribution in [0.2, 0.25) is 0 Å². The lowest BCUT2D eigenvalue weighted by molar-refractivity contribution is -0.141. The largest absolute Gasteiger partial charge is 0.496 e. The molecule has 0 heterocycles. The normalized spacial score (nSPS) is 11.5. The van der Waals surface area contributed by atoms with Gasteiger partial charge in [-0.2, -0.15) is 0 Å². The summed E-state index contributed by atoms with van der Waals surface area (Å²) in [4.78, 5) is 24.4. The fourth-order valence-corrected chi connectivity index (χ4v) is 3.60. The zero-order valence-corrected chi connectivity index (χ0v) is 19.2. The van der Waals surface area contributed by atoms with Crippen LogP contribution >= 0.6 is 0 Å². The van der Waals surface area contributed by atoms with E-state index in [1.54, 1.807) is 42.5 Å². The van der Waals surface area contributed by atoms with Crippen molar-refractivity contribution >= 4 is 11.9 Å². The number of carbonyl (C=O) groups excluding carboxylic acids is 1. The summed E-state index contributed by atoms with van der Waals surface area (Å²) in [5.74, 6) is -0.433. The first-order valence-electron chi connectivity index (χ1n) is 11.1. The van der Waals surface area contributed by atoms with Crippen LogP contribution in [0.25, 0.3) is 0 Å². The maximum atomic E-state index is 13.0. The number of halogens is 1. The Morgan fingerprint density at radius 1 is 0.971 bits per heavy atom. The Morgan fingerprint density at radius 3 is 2.18 bits per heavy atom. The zero-order valence-electron chi connectivity index (χ0n) is 19.2. The van der Waals surface area contributed by atoms with Crippen LogP contribution in [-0.2, 0) is 17.8 Å². The molecule has 1 atom stereocenters. The summed E-state index contributed by atoms with van der Waals surface area (Å²) >= 11 is 0. The first-order valence-corrected chi connectivity index (χ1v) is 11.1. The Hall–Kier alpha value is -3.87. The lowest BCUT2D eigenvalue weighted by Gasteiger charge is -2.14. The molecule has 0 fully saturated rings. The SMILES string of the molecule is CCCC(Cc1ccc(OC)c(C(=O)NCc2ccc(Oc3ccc(F)cc3)cc2)c1)C(=O)O. The van der Waals surface area contributed by atoms with E-state index in [1.165, 1.54) is 19.2 Å². The van der Waals surface area contributed by atoms with Crippen LogP contribution in [0.15, 0.2) is 66.7 Å². The summed E-state index contributed by atoms with van der Waals surface area (Å²) < 4.78 is 24.0. The van der Waals surface area contributed by atoms with Crippen LogP contribution in [0.1, 0.15) is 41.3 Å². The van der Waals surface area contributed by atoms with E-state index in [1.807, 2.05) is 19.1 Å². The quantitative estimate of drug-likeness (QED) is 0.385. The van der Waals surface area contributed by atoms with Crippen molar-refractivity contribution in [3.8, 4) is 17.2 Å². The number of hydrogen-bond acceptors (Lipinski definition) is 4. The highest BCUT2D eigenvalue weighted by Gasteiger charge is 2.19. The van der Waals surface area contributed by atoms with Crippen molar-refractivity contribution in [3.05, 3.63) is 89.2 Å². The van der Waals surface area contributed by atoms with Gasteiger partial charge in [0.2, 0.25) is 0 Å². The monoisotopic (exact) mass is 465 g/mol. The summed E-state index contributed by atoms with van der Waals surface area (Å²) in [5.41, 5.74) is 2.00. The van der Waals surface area contributed by atoms with Crippen molar-refractivity contribution in [3.63, 3.8) is 0 Å². The summed E-state index contributed by atoms with van der Waals surface area (Å²) in [6, 6.07) is 18.1. The number of benzene rings is 3. The topological polar surface area (TPSA) is 84.9 Å². The summed E-state index contributed by atoms with van der Waals surface area (Å²) in [6.45, 7) is 2.24. The predicted octanol–water partition coefficient (Wildman–Crippen LogP) is 5.60. The van der Waals surface area contributed by atoms with Gasteiger partial charge < -0.3 is 19.9 Å². The van der Waals surface area contributed by atoms with Gasteiger partial charge in [0.05, 0.1) is 18.6 Å². The number of carbonyl (C=O) groups is 2. The fourth-order valence-electron chi connectivity index (χ4n) is 3.60. The number of nitrogens with one attached hydrogen (secondary N) is 1. The first-order chi connectivity index (χ1) is 16.4. The molecule has 3 rings (SSSR count). The number of rotatable bonds is 11. The molecule has 1 unspecified atom stereocenters. The maximum Gasteiger partial charge on any atom is 0.306 e. The van der Waals surface area contributed by atoms with Gasteiger partial charge >= 0.3 is 5.97 Å². The summed E-state index contributed by atoms with van der Waals surface area (Å²) in [6.07, 6.45) is 1.70. The van der Waals surface area contributed by atoms with E-state index in [0.29, 0.717) is 35.7 Å². The molecule has 0 aliphatic rings. The molecule has 178 valence electrons. The minimum atomic E-state index is -0.837. The third kappa shape index (κ3) is 6.81. The van der Waals surface area contributed by atoms with Crippen LogP contribution < -0.4 is 14.8 Å². The number of ether oxygens (including phenoxy) is 2. The van der Waals surface area contributed by atoms with Crippen molar-refractivity contribution in [2.45, 2.75) is 32.7 Å². The zero-order chi connectivity index (χ0) is 24.5. The third-order valence-electron chi connectivity index (χ3n) is 5.40. The Balaban J connectivity index is 1.64. The molecule has 0 aliphatic carbocycles. The second-order valence-corrected chi connectivity index (χ2v) is 7.95. The summed E-state index contributed by atoms with van der Waals surface area (Å²) in [5, 5.41) is 12.3. The van der Waals surface area contributed by atoms with Crippen LogP contribution in [0, 0.1) is 11.7 Å². The van der Waals surface area contributed by atoms with Crippen molar-refractivity contribution in [1.82, 2.24) is 5.32 Å². The predicted molar refractivity (Wildman–Crippen MR) is 127 cm³/mol. The molecule has 6 nitrogen and oxygen atoms in total. The van der Waals surface area contributed by atoms with E-state index in [4.69, 9.17) is 9.47 Å². The van der Waals surface area contributed by atoms with Gasteiger partial charge in [0.15, 0.2) is 0 Å². The second-order valence-electron chi connectivity index (χ2n) is 7.95. The molecular weight excluding hydrogens is 437 g/mol. The molecule has 0 bridgehead atoms. The molecule has 0 radical (unpaired) electrons. The van der Waals surface area contributed by atoms with Gasteiger partial charge in [0.1, 0.15) is 23.1 Å². The highest BCUT2D eigenvalue weighted by Crippen LogP contribution is 2.24. The number of amides is 1. The minimum absolute atomic E-state index is 0.288. The van der Waals surface area contributed by atoms with Gasteiger partial charge in [-0.25, -0.2) is 4.39 Å². The highest BCUT2D eigenvalue weighted by molar-refractivity contribution is 5.97. The smallest absolute Gasteiger partial charge is 0.306 e. The average molecular weight is 466 g/mol. The molecule has 34 heavy (non-hydrogen) atoms. The molecule has 1 amide bonds. The van der Waals surface area contributed by atoms with Gasteiger partial charge in [0, 0.05) is 6.54 Å². The number of carboxylic acids is 1. The highest BCUT2D eigenvalue weighted by atomic mass is 19.1. The number of methoxy groups -OCH3 is 1. The lowest BCUT2D eigenvalue weighted by Crippen LogP contribution is -2.24. The molecule has 2 N–H and O–H groups in total.